The summed E-state index contributed by atoms with van der Waals surface area (Å²) >= 11 is 5.49. The molecule has 0 saturated carbocycles. The van der Waals surface area contributed by atoms with Gasteiger partial charge in [-0.3, -0.25) is 14.9 Å². The average Bonchev–Trinajstić information content (AvgIpc) is 2.44. The minimum Gasteiger partial charge on any atom is -0.493 e. The number of hydrogen-bond acceptors (Lipinski definition) is 4. The Balaban J connectivity index is 2.32. The molecule has 0 fully saturated rings. The third-order valence-electron chi connectivity index (χ3n) is 2.67. The van der Waals surface area contributed by atoms with Crippen molar-refractivity contribution in [2.45, 2.75) is 12.8 Å². The standard InChI is InChI=1S/C13H17ClN2O4/c1-15(13(17)6-7-14)8-3-9-20-12-5-2-4-11(10-12)16(18)19/h2,4-5,10H,3,6-9H2,1H3. The largest absolute Gasteiger partial charge is 0.493 e. The molecule has 0 unspecified atom stereocenters. The SMILES string of the molecule is CN(CCCOc1cccc([N+](=O)[O-])c1)C(=O)CCCl. The summed E-state index contributed by atoms with van der Waals surface area (Å²) in [6.07, 6.45) is 0.969. The van der Waals surface area contributed by atoms with Crippen LogP contribution in [-0.4, -0.2) is 41.8 Å². The first-order valence-electron chi connectivity index (χ1n) is 6.21. The van der Waals surface area contributed by atoms with Crippen LogP contribution in [0.25, 0.3) is 0 Å². The Morgan fingerprint density at radius 3 is 2.90 bits per heavy atom. The number of ether oxygens (including phenoxy) is 1. The van der Waals surface area contributed by atoms with E-state index in [1.165, 1.54) is 12.1 Å². The second-order valence-corrected chi connectivity index (χ2v) is 4.59. The van der Waals surface area contributed by atoms with Gasteiger partial charge in [0.1, 0.15) is 5.75 Å². The van der Waals surface area contributed by atoms with Crippen LogP contribution in [0.4, 0.5) is 5.69 Å². The van der Waals surface area contributed by atoms with Crippen molar-refractivity contribution in [3.63, 3.8) is 0 Å². The van der Waals surface area contributed by atoms with E-state index in [0.717, 1.165) is 0 Å². The monoisotopic (exact) mass is 300 g/mol. The third-order valence-corrected chi connectivity index (χ3v) is 2.86. The molecule has 0 aliphatic carbocycles. The van der Waals surface area contributed by atoms with Crippen LogP contribution in [0.15, 0.2) is 24.3 Å². The molecule has 110 valence electrons. The zero-order valence-corrected chi connectivity index (χ0v) is 12.0. The molecule has 0 radical (unpaired) electrons. The molecule has 0 saturated heterocycles. The molecule has 1 rings (SSSR count). The Bertz CT molecular complexity index is 467. The van der Waals surface area contributed by atoms with Gasteiger partial charge in [0.15, 0.2) is 0 Å². The molecule has 0 heterocycles. The number of carbonyl (C=O) groups excluding carboxylic acids is 1. The van der Waals surface area contributed by atoms with Gasteiger partial charge in [0.05, 0.1) is 17.6 Å². The number of alkyl halides is 1. The van der Waals surface area contributed by atoms with Crippen LogP contribution < -0.4 is 4.74 Å². The lowest BCUT2D eigenvalue weighted by atomic mass is 10.3. The number of nitro groups is 1. The van der Waals surface area contributed by atoms with E-state index in [1.807, 2.05) is 0 Å². The minimum absolute atomic E-state index is 0.00286. The predicted molar refractivity (Wildman–Crippen MR) is 76.2 cm³/mol. The average molecular weight is 301 g/mol. The maximum Gasteiger partial charge on any atom is 0.273 e. The number of rotatable bonds is 8. The highest BCUT2D eigenvalue weighted by atomic mass is 35.5. The van der Waals surface area contributed by atoms with Crippen LogP contribution in [0.2, 0.25) is 0 Å². The van der Waals surface area contributed by atoms with Gasteiger partial charge in [-0.15, -0.1) is 11.6 Å². The summed E-state index contributed by atoms with van der Waals surface area (Å²) in [6.45, 7) is 0.949. The summed E-state index contributed by atoms with van der Waals surface area (Å²) in [7, 11) is 1.71. The summed E-state index contributed by atoms with van der Waals surface area (Å²) in [5.74, 6) is 0.761. The summed E-state index contributed by atoms with van der Waals surface area (Å²) in [5.41, 5.74) is -0.00286. The van der Waals surface area contributed by atoms with Crippen molar-refractivity contribution in [3.05, 3.63) is 34.4 Å². The first kappa shape index (κ1) is 16.2. The molecule has 0 aliphatic rings. The molecule has 0 aromatic heterocycles. The highest BCUT2D eigenvalue weighted by molar-refractivity contribution is 6.18. The normalized spacial score (nSPS) is 10.1. The maximum atomic E-state index is 11.5. The van der Waals surface area contributed by atoms with Crippen LogP contribution in [-0.2, 0) is 4.79 Å². The Labute approximate surface area is 122 Å². The number of nitrogens with zero attached hydrogens (tertiary/aromatic N) is 2. The number of hydrogen-bond donors (Lipinski definition) is 0. The van der Waals surface area contributed by atoms with E-state index in [1.54, 1.807) is 24.1 Å². The van der Waals surface area contributed by atoms with Crippen LogP contribution in [0.1, 0.15) is 12.8 Å². The van der Waals surface area contributed by atoms with Crippen molar-refractivity contribution in [2.75, 3.05) is 26.1 Å². The highest BCUT2D eigenvalue weighted by Gasteiger charge is 2.08. The summed E-state index contributed by atoms with van der Waals surface area (Å²) in [6, 6.07) is 6.02. The van der Waals surface area contributed by atoms with Crippen LogP contribution in [0, 0.1) is 10.1 Å². The number of non-ortho nitro benzene ring substituents is 1. The van der Waals surface area contributed by atoms with E-state index in [2.05, 4.69) is 0 Å². The molecule has 20 heavy (non-hydrogen) atoms. The topological polar surface area (TPSA) is 72.7 Å². The van der Waals surface area contributed by atoms with Crippen molar-refractivity contribution in [1.29, 1.82) is 0 Å². The minimum atomic E-state index is -0.467. The molecule has 0 N–H and O–H groups in total. The van der Waals surface area contributed by atoms with E-state index in [0.29, 0.717) is 37.6 Å². The number of amides is 1. The lowest BCUT2D eigenvalue weighted by Crippen LogP contribution is -2.28. The Hall–Kier alpha value is -1.82. The predicted octanol–water partition coefficient (Wildman–Crippen LogP) is 2.45. The second kappa shape index (κ2) is 8.37. The van der Waals surface area contributed by atoms with Crippen molar-refractivity contribution < 1.29 is 14.5 Å². The highest BCUT2D eigenvalue weighted by Crippen LogP contribution is 2.19. The fourth-order valence-electron chi connectivity index (χ4n) is 1.57. The molecule has 7 heteroatoms. The summed E-state index contributed by atoms with van der Waals surface area (Å²) in [4.78, 5) is 23.2. The number of carbonyl (C=O) groups is 1. The van der Waals surface area contributed by atoms with Gasteiger partial charge in [0.2, 0.25) is 5.91 Å². The van der Waals surface area contributed by atoms with Gasteiger partial charge in [-0.05, 0) is 12.5 Å². The van der Waals surface area contributed by atoms with Crippen molar-refractivity contribution in [1.82, 2.24) is 4.90 Å². The number of benzene rings is 1. The van der Waals surface area contributed by atoms with Crippen LogP contribution in [0.3, 0.4) is 0 Å². The molecular weight excluding hydrogens is 284 g/mol. The zero-order chi connectivity index (χ0) is 15.0. The van der Waals surface area contributed by atoms with Gasteiger partial charge in [0, 0.05) is 32.0 Å². The molecular formula is C13H17ClN2O4. The number of nitro benzene ring substituents is 1. The molecule has 0 aliphatic heterocycles. The Kier molecular flexibility index (Phi) is 6.79. The summed E-state index contributed by atoms with van der Waals surface area (Å²) in [5, 5.41) is 10.6. The van der Waals surface area contributed by atoms with E-state index < -0.39 is 4.92 Å². The van der Waals surface area contributed by atoms with E-state index in [9.17, 15) is 14.9 Å². The zero-order valence-electron chi connectivity index (χ0n) is 11.3. The Morgan fingerprint density at radius 2 is 2.25 bits per heavy atom. The van der Waals surface area contributed by atoms with E-state index in [4.69, 9.17) is 16.3 Å². The van der Waals surface area contributed by atoms with Crippen molar-refractivity contribution in [2.24, 2.45) is 0 Å². The Morgan fingerprint density at radius 1 is 1.50 bits per heavy atom. The second-order valence-electron chi connectivity index (χ2n) is 4.21. The quantitative estimate of drug-likeness (QED) is 0.320. The maximum absolute atomic E-state index is 11.5. The van der Waals surface area contributed by atoms with Gasteiger partial charge in [-0.25, -0.2) is 0 Å². The molecule has 6 nitrogen and oxygen atoms in total. The van der Waals surface area contributed by atoms with Gasteiger partial charge < -0.3 is 9.64 Å². The smallest absolute Gasteiger partial charge is 0.273 e. The van der Waals surface area contributed by atoms with E-state index in [-0.39, 0.29) is 11.6 Å². The first-order chi connectivity index (χ1) is 9.54. The third kappa shape index (κ3) is 5.44. The fourth-order valence-corrected chi connectivity index (χ4v) is 1.74. The molecule has 0 atom stereocenters. The van der Waals surface area contributed by atoms with Gasteiger partial charge >= 0.3 is 0 Å². The molecule has 0 bridgehead atoms. The van der Waals surface area contributed by atoms with E-state index >= 15 is 0 Å². The molecule has 1 amide bonds. The molecule has 1 aromatic carbocycles. The first-order valence-corrected chi connectivity index (χ1v) is 6.75. The lowest BCUT2D eigenvalue weighted by Gasteiger charge is -2.16. The van der Waals surface area contributed by atoms with Gasteiger partial charge in [-0.1, -0.05) is 6.07 Å². The van der Waals surface area contributed by atoms with Gasteiger partial charge in [0.25, 0.3) is 5.69 Å². The summed E-state index contributed by atoms with van der Waals surface area (Å²) < 4.78 is 5.42. The van der Waals surface area contributed by atoms with Crippen LogP contribution >= 0.6 is 11.6 Å². The van der Waals surface area contributed by atoms with Gasteiger partial charge in [-0.2, -0.15) is 0 Å². The molecule has 1 aromatic rings. The lowest BCUT2D eigenvalue weighted by molar-refractivity contribution is -0.384. The number of halogens is 1. The van der Waals surface area contributed by atoms with Crippen molar-refractivity contribution in [3.8, 4) is 5.75 Å². The van der Waals surface area contributed by atoms with Crippen LogP contribution in [0.5, 0.6) is 5.75 Å². The van der Waals surface area contributed by atoms with Crippen molar-refractivity contribution >= 4 is 23.2 Å². The fraction of sp³-hybridized carbons (Fsp3) is 0.462. The molecule has 0 spiro atoms.